The first-order chi connectivity index (χ1) is 4.79. The third-order valence-corrected chi connectivity index (χ3v) is 4.10. The van der Waals surface area contributed by atoms with Gasteiger partial charge in [0, 0.05) is 10.5 Å². The van der Waals surface area contributed by atoms with E-state index >= 15 is 0 Å². The van der Waals surface area contributed by atoms with Crippen molar-refractivity contribution < 1.29 is 5.11 Å². The molecule has 2 aliphatic carbocycles. The summed E-state index contributed by atoms with van der Waals surface area (Å²) >= 11 is 1.77. The summed E-state index contributed by atoms with van der Waals surface area (Å²) in [5.74, 6) is 0.795. The van der Waals surface area contributed by atoms with E-state index in [1.165, 1.54) is 0 Å². The van der Waals surface area contributed by atoms with Crippen LogP contribution in [-0.4, -0.2) is 22.2 Å². The number of aliphatic hydroxyl groups is 1. The molecule has 0 atom stereocenters. The first kappa shape index (κ1) is 6.51. The van der Waals surface area contributed by atoms with Gasteiger partial charge in [-0.15, -0.1) is 0 Å². The van der Waals surface area contributed by atoms with Gasteiger partial charge in [-0.05, 0) is 12.8 Å². The van der Waals surface area contributed by atoms with E-state index in [1.54, 1.807) is 11.8 Å². The SMILES string of the molecule is N#CC12CC1(SCCO)C2. The lowest BCUT2D eigenvalue weighted by Gasteiger charge is -1.97. The zero-order valence-corrected chi connectivity index (χ0v) is 6.45. The predicted octanol–water partition coefficient (Wildman–Crippen LogP) is 0.768. The molecule has 1 N–H and O–H groups in total. The Morgan fingerprint density at radius 2 is 2.30 bits per heavy atom. The smallest absolute Gasteiger partial charge is 0.0749 e. The van der Waals surface area contributed by atoms with Crippen molar-refractivity contribution in [2.24, 2.45) is 5.41 Å². The average Bonchev–Trinajstić information content (AvgIpc) is 2.68. The number of rotatable bonds is 3. The van der Waals surface area contributed by atoms with Gasteiger partial charge in [0.1, 0.15) is 0 Å². The molecule has 10 heavy (non-hydrogen) atoms. The van der Waals surface area contributed by atoms with Crippen molar-refractivity contribution in [3.63, 3.8) is 0 Å². The third kappa shape index (κ3) is 0.586. The Morgan fingerprint density at radius 3 is 2.70 bits per heavy atom. The second kappa shape index (κ2) is 1.69. The summed E-state index contributed by atoms with van der Waals surface area (Å²) in [4.78, 5) is 0. The number of aliphatic hydroxyl groups excluding tert-OH is 1. The molecule has 3 heteroatoms. The summed E-state index contributed by atoms with van der Waals surface area (Å²) in [6, 6.07) is 2.34. The summed E-state index contributed by atoms with van der Waals surface area (Å²) in [5.41, 5.74) is 0.0623. The predicted molar refractivity (Wildman–Crippen MR) is 39.6 cm³/mol. The second-order valence-electron chi connectivity index (χ2n) is 3.11. The fourth-order valence-corrected chi connectivity index (χ4v) is 3.00. The van der Waals surface area contributed by atoms with Gasteiger partial charge in [0.05, 0.1) is 18.1 Å². The van der Waals surface area contributed by atoms with E-state index in [-0.39, 0.29) is 12.0 Å². The standard InChI is InChI=1S/C7H9NOS/c8-5-6-3-7(6,4-6)10-2-1-9/h9H,1-4H2. The van der Waals surface area contributed by atoms with Crippen LogP contribution < -0.4 is 0 Å². The van der Waals surface area contributed by atoms with E-state index in [2.05, 4.69) is 6.07 Å². The molecule has 0 heterocycles. The number of thioether (sulfide) groups is 1. The van der Waals surface area contributed by atoms with Gasteiger partial charge in [-0.25, -0.2) is 0 Å². The minimum absolute atomic E-state index is 0.0623. The minimum Gasteiger partial charge on any atom is -0.396 e. The summed E-state index contributed by atoms with van der Waals surface area (Å²) < 4.78 is 0.310. The van der Waals surface area contributed by atoms with Gasteiger partial charge in [-0.3, -0.25) is 0 Å². The number of fused-ring (bicyclic) bond motifs is 1. The van der Waals surface area contributed by atoms with E-state index in [0.29, 0.717) is 4.75 Å². The van der Waals surface area contributed by atoms with Crippen molar-refractivity contribution in [3.05, 3.63) is 0 Å². The zero-order valence-electron chi connectivity index (χ0n) is 5.63. The summed E-state index contributed by atoms with van der Waals surface area (Å²) in [7, 11) is 0. The molecule has 0 radical (unpaired) electrons. The van der Waals surface area contributed by atoms with Crippen molar-refractivity contribution in [2.45, 2.75) is 17.6 Å². The fourth-order valence-electron chi connectivity index (χ4n) is 1.50. The lowest BCUT2D eigenvalue weighted by atomic mass is 10.2. The maximum Gasteiger partial charge on any atom is 0.0749 e. The maximum absolute atomic E-state index is 8.65. The maximum atomic E-state index is 8.65. The quantitative estimate of drug-likeness (QED) is 0.654. The molecule has 2 nitrogen and oxygen atoms in total. The van der Waals surface area contributed by atoms with Crippen molar-refractivity contribution in [3.8, 4) is 6.07 Å². The fraction of sp³-hybridized carbons (Fsp3) is 0.857. The Labute approximate surface area is 64.2 Å². The third-order valence-electron chi connectivity index (χ3n) is 2.48. The van der Waals surface area contributed by atoms with E-state index < -0.39 is 0 Å². The molecule has 0 unspecified atom stereocenters. The first-order valence-corrected chi connectivity index (χ1v) is 4.43. The van der Waals surface area contributed by atoms with Gasteiger partial charge in [-0.1, -0.05) is 0 Å². The molecular formula is C7H9NOS. The van der Waals surface area contributed by atoms with Crippen LogP contribution in [-0.2, 0) is 0 Å². The van der Waals surface area contributed by atoms with Crippen LogP contribution in [0.1, 0.15) is 12.8 Å². The Kier molecular flexibility index (Phi) is 1.10. The van der Waals surface area contributed by atoms with Gasteiger partial charge in [0.25, 0.3) is 0 Å². The van der Waals surface area contributed by atoms with Gasteiger partial charge >= 0.3 is 0 Å². The van der Waals surface area contributed by atoms with E-state index in [4.69, 9.17) is 10.4 Å². The van der Waals surface area contributed by atoms with Crippen LogP contribution >= 0.6 is 11.8 Å². The van der Waals surface area contributed by atoms with Crippen molar-refractivity contribution in [1.82, 2.24) is 0 Å². The molecule has 0 spiro atoms. The first-order valence-electron chi connectivity index (χ1n) is 3.45. The van der Waals surface area contributed by atoms with Gasteiger partial charge < -0.3 is 5.11 Å². The van der Waals surface area contributed by atoms with E-state index in [1.807, 2.05) is 0 Å². The highest BCUT2D eigenvalue weighted by Gasteiger charge is 2.84. The Balaban J connectivity index is 1.85. The topological polar surface area (TPSA) is 44.0 Å². The molecule has 0 bridgehead atoms. The van der Waals surface area contributed by atoms with Gasteiger partial charge in [0.2, 0.25) is 0 Å². The van der Waals surface area contributed by atoms with Crippen LogP contribution in [0.15, 0.2) is 0 Å². The van der Waals surface area contributed by atoms with Crippen LogP contribution in [0.2, 0.25) is 0 Å². The van der Waals surface area contributed by atoms with E-state index in [9.17, 15) is 0 Å². The van der Waals surface area contributed by atoms with Crippen LogP contribution in [0.4, 0.5) is 0 Å². The number of hydrogen-bond donors (Lipinski definition) is 1. The molecule has 2 saturated carbocycles. The molecule has 2 aliphatic rings. The monoisotopic (exact) mass is 155 g/mol. The van der Waals surface area contributed by atoms with Crippen molar-refractivity contribution >= 4 is 11.8 Å². The molecule has 0 aromatic carbocycles. The van der Waals surface area contributed by atoms with Crippen LogP contribution in [0.25, 0.3) is 0 Å². The lowest BCUT2D eigenvalue weighted by Crippen LogP contribution is -1.92. The number of nitriles is 1. The van der Waals surface area contributed by atoms with Crippen LogP contribution in [0.5, 0.6) is 0 Å². The lowest BCUT2D eigenvalue weighted by molar-refractivity contribution is 0.322. The molecule has 0 saturated heterocycles. The Bertz CT molecular complexity index is 202. The van der Waals surface area contributed by atoms with Crippen molar-refractivity contribution in [2.75, 3.05) is 12.4 Å². The highest BCUT2D eigenvalue weighted by molar-refractivity contribution is 8.01. The largest absolute Gasteiger partial charge is 0.396 e. The molecule has 2 rings (SSSR count). The van der Waals surface area contributed by atoms with Gasteiger partial charge in [-0.2, -0.15) is 17.0 Å². The van der Waals surface area contributed by atoms with Gasteiger partial charge in [0.15, 0.2) is 0 Å². The Hall–Kier alpha value is -0.200. The normalized spacial score (nSPS) is 47.6. The molecule has 0 aromatic heterocycles. The molecule has 54 valence electrons. The summed E-state index contributed by atoms with van der Waals surface area (Å²) in [5, 5.41) is 17.2. The highest BCUT2D eigenvalue weighted by Crippen LogP contribution is 2.84. The van der Waals surface area contributed by atoms with E-state index in [0.717, 1.165) is 18.6 Å². The molecule has 2 fully saturated rings. The number of nitrogens with zero attached hydrogens (tertiary/aromatic N) is 1. The number of hydrogen-bond acceptors (Lipinski definition) is 3. The van der Waals surface area contributed by atoms with Crippen LogP contribution in [0, 0.1) is 16.7 Å². The molecular weight excluding hydrogens is 146 g/mol. The zero-order chi connectivity index (χ0) is 7.24. The van der Waals surface area contributed by atoms with Crippen molar-refractivity contribution in [1.29, 1.82) is 5.26 Å². The highest BCUT2D eigenvalue weighted by atomic mass is 32.2. The second-order valence-corrected chi connectivity index (χ2v) is 4.59. The summed E-state index contributed by atoms with van der Waals surface area (Å²) in [6.07, 6.45) is 2.14. The Morgan fingerprint density at radius 1 is 1.60 bits per heavy atom. The summed E-state index contributed by atoms with van der Waals surface area (Å²) in [6.45, 7) is 0.244. The average molecular weight is 155 g/mol. The minimum atomic E-state index is 0.0623. The molecule has 0 amide bonds. The van der Waals surface area contributed by atoms with Crippen LogP contribution in [0.3, 0.4) is 0 Å². The molecule has 0 aromatic rings. The molecule has 0 aliphatic heterocycles.